The topological polar surface area (TPSA) is 62.8 Å². The second-order valence-electron chi connectivity index (χ2n) is 6.51. The van der Waals surface area contributed by atoms with Gasteiger partial charge < -0.3 is 19.2 Å². The molecule has 0 aliphatic rings. The fraction of sp³-hybridized carbons (Fsp3) is 0.733. The van der Waals surface area contributed by atoms with E-state index in [0.717, 1.165) is 12.2 Å². The smallest absolute Gasteiger partial charge is 0.466 e. The van der Waals surface area contributed by atoms with Crippen LogP contribution in [-0.4, -0.2) is 28.5 Å². The maximum absolute atomic E-state index is 10.3. The van der Waals surface area contributed by atoms with E-state index < -0.39 is 18.3 Å². The second kappa shape index (κ2) is 5.92. The maximum Gasteiger partial charge on any atom is 0.495 e. The first-order valence-corrected chi connectivity index (χ1v) is 7.18. The highest BCUT2D eigenvalue weighted by Gasteiger charge is 2.40. The van der Waals surface area contributed by atoms with E-state index in [0.29, 0.717) is 17.1 Å². The lowest BCUT2D eigenvalue weighted by molar-refractivity contribution is -0.0982. The van der Waals surface area contributed by atoms with E-state index in [1.54, 1.807) is 27.7 Å². The Morgan fingerprint density at radius 3 is 2.35 bits per heavy atom. The molecule has 0 saturated carbocycles. The zero-order valence-electron chi connectivity index (χ0n) is 13.7. The molecule has 1 rings (SSSR count). The van der Waals surface area contributed by atoms with E-state index in [1.165, 1.54) is 0 Å². The van der Waals surface area contributed by atoms with Gasteiger partial charge in [-0.1, -0.05) is 13.8 Å². The molecule has 0 fully saturated rings. The summed E-state index contributed by atoms with van der Waals surface area (Å²) in [5, 5.41) is 20.4. The second-order valence-corrected chi connectivity index (χ2v) is 6.51. The van der Waals surface area contributed by atoms with Crippen molar-refractivity contribution in [3.63, 3.8) is 0 Å². The molecular weight excluding hydrogens is 255 g/mol. The highest BCUT2D eigenvalue weighted by molar-refractivity contribution is 6.60. The van der Waals surface area contributed by atoms with Gasteiger partial charge in [-0.25, -0.2) is 0 Å². The molecule has 0 bridgehead atoms. The Bertz CT molecular complexity index is 445. The summed E-state index contributed by atoms with van der Waals surface area (Å²) in [6, 6.07) is 1.84. The van der Waals surface area contributed by atoms with Gasteiger partial charge in [0.1, 0.15) is 11.5 Å². The molecule has 0 radical (unpaired) electrons. The van der Waals surface area contributed by atoms with Gasteiger partial charge in [0.25, 0.3) is 0 Å². The minimum Gasteiger partial charge on any atom is -0.466 e. The van der Waals surface area contributed by atoms with Crippen molar-refractivity contribution in [1.29, 1.82) is 0 Å². The zero-order valence-corrected chi connectivity index (χ0v) is 13.7. The van der Waals surface area contributed by atoms with Crippen LogP contribution in [0.4, 0.5) is 0 Å². The number of aliphatic hydroxyl groups is 1. The quantitative estimate of drug-likeness (QED) is 0.786. The van der Waals surface area contributed by atoms with E-state index in [4.69, 9.17) is 9.07 Å². The lowest BCUT2D eigenvalue weighted by atomic mass is 9.76. The molecule has 0 aliphatic heterocycles. The predicted octanol–water partition coefficient (Wildman–Crippen LogP) is 2.36. The minimum atomic E-state index is -1.11. The van der Waals surface area contributed by atoms with Crippen LogP contribution in [0.1, 0.15) is 65.4 Å². The van der Waals surface area contributed by atoms with Crippen LogP contribution in [0.2, 0.25) is 0 Å². The number of furan rings is 1. The first-order chi connectivity index (χ1) is 8.99. The molecule has 0 aliphatic carbocycles. The Labute approximate surface area is 122 Å². The van der Waals surface area contributed by atoms with E-state index in [1.807, 2.05) is 13.0 Å². The first-order valence-electron chi connectivity index (χ1n) is 7.18. The third kappa shape index (κ3) is 3.65. The zero-order chi connectivity index (χ0) is 15.7. The summed E-state index contributed by atoms with van der Waals surface area (Å²) in [7, 11) is -1.11. The summed E-state index contributed by atoms with van der Waals surface area (Å²) in [6.07, 6.45) is 0.971. The average Bonchev–Trinajstić information content (AvgIpc) is 2.68. The number of rotatable bonds is 6. The van der Waals surface area contributed by atoms with Crippen molar-refractivity contribution in [2.75, 3.05) is 0 Å². The lowest BCUT2D eigenvalue weighted by Crippen LogP contribution is -2.53. The molecule has 2 N–H and O–H groups in total. The SMILES string of the molecule is CCC(C)c1cc(B(O)OC(C)(C)C(C)(C)O)c(C)o1. The van der Waals surface area contributed by atoms with Gasteiger partial charge >= 0.3 is 7.12 Å². The van der Waals surface area contributed by atoms with Crippen LogP contribution < -0.4 is 5.46 Å². The Hall–Kier alpha value is -0.775. The number of hydrogen-bond acceptors (Lipinski definition) is 4. The van der Waals surface area contributed by atoms with Crippen molar-refractivity contribution in [3.8, 4) is 0 Å². The molecule has 1 aromatic heterocycles. The van der Waals surface area contributed by atoms with Crippen molar-refractivity contribution in [2.24, 2.45) is 0 Å². The van der Waals surface area contributed by atoms with Crippen LogP contribution in [0.5, 0.6) is 0 Å². The highest BCUT2D eigenvalue weighted by atomic mass is 16.5. The molecule has 1 aromatic rings. The van der Waals surface area contributed by atoms with Gasteiger partial charge in [-0.15, -0.1) is 0 Å². The average molecular weight is 282 g/mol. The Morgan fingerprint density at radius 1 is 1.35 bits per heavy atom. The van der Waals surface area contributed by atoms with Gasteiger partial charge in [0.15, 0.2) is 0 Å². The van der Waals surface area contributed by atoms with Crippen LogP contribution >= 0.6 is 0 Å². The lowest BCUT2D eigenvalue weighted by Gasteiger charge is -2.38. The molecular formula is C15H27BO4. The Kier molecular flexibility index (Phi) is 5.11. The molecule has 0 aromatic carbocycles. The third-order valence-electron chi connectivity index (χ3n) is 4.22. The van der Waals surface area contributed by atoms with Crippen molar-refractivity contribution in [2.45, 2.75) is 72.0 Å². The molecule has 0 spiro atoms. The molecule has 1 atom stereocenters. The van der Waals surface area contributed by atoms with E-state index in [2.05, 4.69) is 13.8 Å². The third-order valence-corrected chi connectivity index (χ3v) is 4.22. The van der Waals surface area contributed by atoms with Gasteiger partial charge in [-0.2, -0.15) is 0 Å². The molecule has 1 unspecified atom stereocenters. The van der Waals surface area contributed by atoms with E-state index in [-0.39, 0.29) is 0 Å². The summed E-state index contributed by atoms with van der Waals surface area (Å²) >= 11 is 0. The molecule has 0 saturated heterocycles. The summed E-state index contributed by atoms with van der Waals surface area (Å²) < 4.78 is 11.3. The molecule has 20 heavy (non-hydrogen) atoms. The van der Waals surface area contributed by atoms with Crippen molar-refractivity contribution >= 4 is 12.6 Å². The van der Waals surface area contributed by atoms with Gasteiger partial charge in [0.05, 0.1) is 11.2 Å². The molecule has 1 heterocycles. The fourth-order valence-electron chi connectivity index (χ4n) is 1.70. The largest absolute Gasteiger partial charge is 0.495 e. The number of hydrogen-bond donors (Lipinski definition) is 2. The van der Waals surface area contributed by atoms with Gasteiger partial charge in [0, 0.05) is 11.4 Å². The fourth-order valence-corrected chi connectivity index (χ4v) is 1.70. The standard InChI is InChI=1S/C15H27BO4/c1-8-10(2)13-9-12(11(3)19-13)16(18)20-15(6,7)14(4,5)17/h9-10,17-18H,8H2,1-7H3. The van der Waals surface area contributed by atoms with Gasteiger partial charge in [-0.3, -0.25) is 0 Å². The van der Waals surface area contributed by atoms with Crippen LogP contribution in [-0.2, 0) is 4.65 Å². The van der Waals surface area contributed by atoms with E-state index >= 15 is 0 Å². The van der Waals surface area contributed by atoms with Gasteiger partial charge in [-0.05, 0) is 47.1 Å². The monoisotopic (exact) mass is 282 g/mol. The minimum absolute atomic E-state index is 0.303. The first kappa shape index (κ1) is 17.3. The molecule has 5 heteroatoms. The highest BCUT2D eigenvalue weighted by Crippen LogP contribution is 2.26. The van der Waals surface area contributed by atoms with E-state index in [9.17, 15) is 10.1 Å². The Balaban J connectivity index is 2.93. The van der Waals surface area contributed by atoms with Crippen molar-refractivity contribution in [3.05, 3.63) is 17.6 Å². The van der Waals surface area contributed by atoms with Crippen LogP contribution in [0.25, 0.3) is 0 Å². The van der Waals surface area contributed by atoms with Crippen LogP contribution in [0.3, 0.4) is 0 Å². The maximum atomic E-state index is 10.3. The normalized spacial score (nSPS) is 14.4. The molecule has 4 nitrogen and oxygen atoms in total. The predicted molar refractivity (Wildman–Crippen MR) is 81.2 cm³/mol. The summed E-state index contributed by atoms with van der Waals surface area (Å²) in [4.78, 5) is 0. The van der Waals surface area contributed by atoms with Crippen LogP contribution in [0, 0.1) is 6.92 Å². The van der Waals surface area contributed by atoms with Crippen LogP contribution in [0.15, 0.2) is 10.5 Å². The number of aryl methyl sites for hydroxylation is 1. The van der Waals surface area contributed by atoms with Crippen molar-refractivity contribution in [1.82, 2.24) is 0 Å². The molecule has 114 valence electrons. The summed E-state index contributed by atoms with van der Waals surface area (Å²) in [5.41, 5.74) is -1.32. The summed E-state index contributed by atoms with van der Waals surface area (Å²) in [6.45, 7) is 12.8. The Morgan fingerprint density at radius 2 is 1.90 bits per heavy atom. The summed E-state index contributed by atoms with van der Waals surface area (Å²) in [5.74, 6) is 1.81. The van der Waals surface area contributed by atoms with Crippen molar-refractivity contribution < 1.29 is 19.2 Å². The van der Waals surface area contributed by atoms with Gasteiger partial charge in [0.2, 0.25) is 0 Å². The molecule has 0 amide bonds.